The molecule has 6 aliphatic rings. The zero-order valence-electron chi connectivity index (χ0n) is 78.1. The number of azide groups is 6. The molecule has 0 amide bonds. The molecule has 12 rings (SSSR count). The molecule has 6 aromatic heterocycles. The standard InChI is InChI=1S/C15H20FN5O5.C12H17FN6O2.C12H16FN5O3.2C11H14FN5O4.C10H13FN6O4/c1-3-4-7-25-13(23)15(8-18-20-17)9(2)11(16)12(26-15)21-6-5-10(22)19-14(21)24;1-3-12(6-16-18-15)7(2)9(13)10(21-12)19-5-4-8(14)17-11(19)20;1-3-12(6-15-17-14)7(2)9(13)10(21-12)18-5-4-8(19)16-11(18)20;2*1-6-8(12)9(17-3-2-7(19)15-10(17)20)21-11(6,5-18)4-14-16-13;11-6-7(19)10(4-18,3-14-16-13)21-8(6)17-2-1-5(12)15-9(17)20/h5-6,9,11-12H,3-4,7-8H2,1-2H3,(H,19,22,24);4-5,7,9-10H,3,6H2,1-2H3,(H2,14,17,20);4-5,7,9-10H,3,6H2,1-2H3,(H,16,19,20);2*2-3,6,8-9,18H,4-5H2,1H3,(H,15,19,20);1-2,6-8,18-19H,3-4H2,(H2,12,15,20)/t9-,11+,12+,15-;2*7-,9+,10+,12-;2*6-,8+,9+,11+;6-,7+,8-,10-/m000001/s1/i;2*3D2;5D2;;4D2. The van der Waals surface area contributed by atoms with Crippen molar-refractivity contribution < 1.29 is 95.7 Å². The Morgan fingerprint density at radius 2 is 0.710 bits per heavy atom. The normalized spacial score (nSPS) is 32.4. The molecule has 24 atom stereocenters. The van der Waals surface area contributed by atoms with Crippen LogP contribution in [0.3, 0.4) is 0 Å². The van der Waals surface area contributed by atoms with Crippen molar-refractivity contribution in [2.24, 2.45) is 60.3 Å². The Hall–Kier alpha value is -13.4. The van der Waals surface area contributed by atoms with E-state index < -0.39 is 271 Å². The SMILES string of the molecule is CCCCOC(=O)[C@@]1(CN=[N+]=[N-])O[C@@H](n2ccc(=O)[nH]c2=O)[C@H](F)[C@@H]1C.C[C@H]1[C@@H](F)[C@H](n2ccc(=O)[nH]c2=O)O[C@@]1(CO)CN=[N+]=[N-].[2H]C([2H])(C)[C@@]1(CN=[N+]=[N-])O[C@@H](n2ccc(=O)[nH]c2=O)[C@H](F)[C@@H]1C.[2H]C([2H])(C)[C@@]1(CN=[N+]=[N-])O[C@@H](n2ccc(N)nc2=O)[C@H](F)[C@@H]1C.[2H]C([2H])(O)[C@@]1(CN=[N+]=[N-])O[C@@H](n2ccc(=O)[nH]c2=O)[C@H](F)[C@@H]1C.[2H]C([2H])(O)[C@@]1(CN=[N+]=[N-])O[C@@H](n2ccc(N)nc2=O)[C@H](F)[C@@H]1O. The molecule has 0 aliphatic carbocycles. The number of nitrogens with two attached hydrogens (primary N) is 2. The maximum Gasteiger partial charge on any atom is 0.351 e. The Balaban J connectivity index is 0.000000227. The summed E-state index contributed by atoms with van der Waals surface area (Å²) in [4.78, 5) is 158. The second-order valence-corrected chi connectivity index (χ2v) is 29.5. The molecule has 131 heavy (non-hydrogen) atoms. The molecule has 6 saturated heterocycles. The number of nitrogen functional groups attached to an aromatic ring is 2. The lowest BCUT2D eigenvalue weighted by Gasteiger charge is -2.29. The number of aromatic nitrogens is 12. The van der Waals surface area contributed by atoms with Gasteiger partial charge in [-0.2, -0.15) is 9.97 Å². The van der Waals surface area contributed by atoms with Crippen LogP contribution in [0.15, 0.2) is 152 Å². The van der Waals surface area contributed by atoms with Gasteiger partial charge in [-0.25, -0.2) is 59.9 Å². The highest BCUT2D eigenvalue weighted by molar-refractivity contribution is 5.81. The Bertz CT molecular complexity index is 6100. The lowest BCUT2D eigenvalue weighted by atomic mass is 9.85. The van der Waals surface area contributed by atoms with Gasteiger partial charge in [-0.1, -0.05) is 92.5 Å². The van der Waals surface area contributed by atoms with Gasteiger partial charge in [-0.15, -0.1) is 0 Å². The fraction of sp³-hybridized carbons (Fsp3) is 0.648. The molecule has 60 heteroatoms. The van der Waals surface area contributed by atoms with E-state index in [-0.39, 0.29) is 24.8 Å². The van der Waals surface area contributed by atoms with E-state index in [9.17, 15) is 99.5 Å². The maximum absolute atomic E-state index is 14.9. The van der Waals surface area contributed by atoms with Crippen molar-refractivity contribution in [2.45, 2.75) is 195 Å². The Morgan fingerprint density at radius 3 is 1.04 bits per heavy atom. The summed E-state index contributed by atoms with van der Waals surface area (Å²) in [7, 11) is 0. The van der Waals surface area contributed by atoms with E-state index in [1.165, 1.54) is 66.8 Å². The second kappa shape index (κ2) is 45.7. The number of hydrogen-bond donors (Lipinski definition) is 10. The van der Waals surface area contributed by atoms with E-state index in [0.29, 0.717) is 11.0 Å². The number of nitrogens with zero attached hydrogens (tertiary/aromatic N) is 26. The summed E-state index contributed by atoms with van der Waals surface area (Å²) in [5.74, 6) is -6.04. The van der Waals surface area contributed by atoms with E-state index >= 15 is 0 Å². The summed E-state index contributed by atoms with van der Waals surface area (Å²) >= 11 is 0. The van der Waals surface area contributed by atoms with Crippen LogP contribution in [0.2, 0.25) is 0 Å². The van der Waals surface area contributed by atoms with E-state index in [1.807, 2.05) is 26.9 Å². The van der Waals surface area contributed by atoms with Crippen LogP contribution in [0.5, 0.6) is 0 Å². The van der Waals surface area contributed by atoms with Crippen LogP contribution < -0.4 is 67.8 Å². The molecule has 0 unspecified atom stereocenters. The molecule has 6 aliphatic heterocycles. The van der Waals surface area contributed by atoms with Gasteiger partial charge in [0.25, 0.3) is 22.2 Å². The average molecular weight is 1870 g/mol. The number of carbonyl (C=O) groups is 1. The van der Waals surface area contributed by atoms with Crippen molar-refractivity contribution in [3.63, 3.8) is 0 Å². The van der Waals surface area contributed by atoms with Crippen LogP contribution in [0.4, 0.5) is 38.0 Å². The number of nitrogens with one attached hydrogen (secondary N) is 4. The Labute approximate surface area is 741 Å². The number of ether oxygens (including phenoxy) is 7. The summed E-state index contributed by atoms with van der Waals surface area (Å²) in [5.41, 5.74) is 42.1. The number of aliphatic hydroxyl groups excluding tert-OH is 2. The van der Waals surface area contributed by atoms with Crippen molar-refractivity contribution in [1.82, 2.24) is 57.3 Å². The van der Waals surface area contributed by atoms with Crippen LogP contribution in [-0.4, -0.2) is 226 Å². The van der Waals surface area contributed by atoms with Crippen LogP contribution in [0.25, 0.3) is 62.7 Å². The lowest BCUT2D eigenvalue weighted by Crippen LogP contribution is -2.48. The van der Waals surface area contributed by atoms with Crippen LogP contribution in [0, 0.1) is 29.6 Å². The van der Waals surface area contributed by atoms with Crippen molar-refractivity contribution in [1.29, 1.82) is 0 Å². The molecular formula is C71H94F6N32O22. The lowest BCUT2D eigenvalue weighted by molar-refractivity contribution is -0.177. The molecule has 12 heterocycles. The number of aliphatic hydroxyl groups is 4. The monoisotopic (exact) mass is 1870 g/mol. The molecular weight excluding hydrogens is 1770 g/mol. The van der Waals surface area contributed by atoms with Gasteiger partial charge in [0, 0.05) is 126 Å². The summed E-state index contributed by atoms with van der Waals surface area (Å²) in [6, 6.07) is 6.60. The predicted octanol–water partition coefficient (Wildman–Crippen LogP) is 3.98. The molecule has 12 N–H and O–H groups in total. The van der Waals surface area contributed by atoms with Gasteiger partial charge in [0.1, 0.15) is 34.5 Å². The van der Waals surface area contributed by atoms with Gasteiger partial charge >= 0.3 is 40.1 Å². The van der Waals surface area contributed by atoms with E-state index in [1.54, 1.807) is 0 Å². The number of hydrogen-bond acceptors (Lipinski definition) is 32. The molecule has 6 aromatic rings. The first-order valence-corrected chi connectivity index (χ1v) is 38.7. The summed E-state index contributed by atoms with van der Waals surface area (Å²) in [6.45, 7) is 1.47. The third kappa shape index (κ3) is 22.9. The molecule has 54 nitrogen and oxygen atoms in total. The molecule has 6 fully saturated rings. The van der Waals surface area contributed by atoms with Gasteiger partial charge in [-0.3, -0.25) is 66.5 Å². The quantitative estimate of drug-likeness (QED) is 0.00870. The fourth-order valence-electron chi connectivity index (χ4n) is 14.1. The highest BCUT2D eigenvalue weighted by Gasteiger charge is 2.62. The maximum atomic E-state index is 14.9. The van der Waals surface area contributed by atoms with Gasteiger partial charge < -0.3 is 65.1 Å². The highest BCUT2D eigenvalue weighted by atomic mass is 19.2. The number of aromatic amines is 4. The third-order valence-corrected chi connectivity index (χ3v) is 22.2. The number of halogens is 6. The molecule has 0 spiro atoms. The minimum atomic E-state index is -3.26. The fourth-order valence-corrected chi connectivity index (χ4v) is 14.1. The molecule has 0 aromatic carbocycles. The zero-order valence-corrected chi connectivity index (χ0v) is 70.1. The number of rotatable bonds is 27. The molecule has 0 radical (unpaired) electrons. The predicted molar refractivity (Wildman–Crippen MR) is 441 cm³/mol. The van der Waals surface area contributed by atoms with Crippen molar-refractivity contribution in [2.75, 3.05) is 77.1 Å². The summed E-state index contributed by atoms with van der Waals surface area (Å²) in [5, 5.41) is 58.5. The van der Waals surface area contributed by atoms with E-state index in [0.717, 1.165) is 84.5 Å². The molecule has 712 valence electrons. The Morgan fingerprint density at radius 1 is 0.435 bits per heavy atom. The number of alkyl halides is 6. The topological polar surface area (TPSA) is 796 Å². The van der Waals surface area contributed by atoms with E-state index in [2.05, 4.69) is 70.1 Å². The Kier molecular flexibility index (Phi) is 32.2. The number of H-pyrrole nitrogens is 4. The highest BCUT2D eigenvalue weighted by Crippen LogP contribution is 2.49. The van der Waals surface area contributed by atoms with Crippen LogP contribution in [0.1, 0.15) is 129 Å². The summed E-state index contributed by atoms with van der Waals surface area (Å²) in [6.07, 6.45) is -18.3. The largest absolute Gasteiger partial charge is 0.464 e. The minimum absolute atomic E-state index is 0.0149. The average Bonchev–Trinajstić information content (AvgIpc) is 1.60. The number of anilines is 2. The number of carbonyl (C=O) groups excluding carboxylic acids is 1. The molecule has 0 bridgehead atoms. The first kappa shape index (κ1) is 92.3. The zero-order chi connectivity index (χ0) is 105. The summed E-state index contributed by atoms with van der Waals surface area (Å²) < 4.78 is 192. The van der Waals surface area contributed by atoms with Crippen LogP contribution in [-0.2, 0) is 38.0 Å². The van der Waals surface area contributed by atoms with Crippen molar-refractivity contribution in [3.05, 3.63) is 241 Å². The number of esters is 1. The third-order valence-electron chi connectivity index (χ3n) is 22.2. The van der Waals surface area contributed by atoms with Gasteiger partial charge in [-0.05, 0) is 64.5 Å². The number of unbranched alkanes of at least 4 members (excludes halogenated alkanes) is 1. The van der Waals surface area contributed by atoms with E-state index in [4.69, 9.17) is 88.8 Å². The first-order valence-electron chi connectivity index (χ1n) is 42.7. The smallest absolute Gasteiger partial charge is 0.351 e. The second-order valence-electron chi connectivity index (χ2n) is 29.5. The van der Waals surface area contributed by atoms with Crippen molar-refractivity contribution >= 4 is 17.6 Å². The minimum Gasteiger partial charge on any atom is -0.464 e. The van der Waals surface area contributed by atoms with Gasteiger partial charge in [0.2, 0.25) is 0 Å². The van der Waals surface area contributed by atoms with Crippen LogP contribution >= 0.6 is 0 Å². The van der Waals surface area contributed by atoms with Crippen molar-refractivity contribution in [3.8, 4) is 0 Å². The van der Waals surface area contributed by atoms with Gasteiger partial charge in [0.15, 0.2) is 80.0 Å². The first-order chi connectivity index (χ1) is 64.9. The molecule has 0 saturated carbocycles. The van der Waals surface area contributed by atoms with Gasteiger partial charge in [0.05, 0.1) is 82.3 Å².